The van der Waals surface area contributed by atoms with Crippen molar-refractivity contribution in [2.75, 3.05) is 18.5 Å². The van der Waals surface area contributed by atoms with Gasteiger partial charge in [-0.25, -0.2) is 0 Å². The van der Waals surface area contributed by atoms with E-state index in [1.165, 1.54) is 24.1 Å². The quantitative estimate of drug-likeness (QED) is 0.910. The topological polar surface area (TPSA) is 29.3 Å². The summed E-state index contributed by atoms with van der Waals surface area (Å²) < 4.78 is 1.12. The molecule has 0 aromatic heterocycles. The summed E-state index contributed by atoms with van der Waals surface area (Å²) in [7, 11) is 2.15. The zero-order chi connectivity index (χ0) is 10.8. The van der Waals surface area contributed by atoms with E-state index >= 15 is 0 Å². The van der Waals surface area contributed by atoms with E-state index in [4.69, 9.17) is 5.73 Å². The number of hydrogen-bond donors (Lipinski definition) is 1. The first-order valence-electron chi connectivity index (χ1n) is 5.41. The molecule has 0 aliphatic heterocycles. The number of rotatable bonds is 4. The summed E-state index contributed by atoms with van der Waals surface area (Å²) in [6.07, 6.45) is 2.77. The van der Waals surface area contributed by atoms with Crippen LogP contribution >= 0.6 is 15.9 Å². The monoisotopic (exact) mass is 268 g/mol. The van der Waals surface area contributed by atoms with Crippen LogP contribution in [0.3, 0.4) is 0 Å². The van der Waals surface area contributed by atoms with Gasteiger partial charge in [-0.2, -0.15) is 0 Å². The lowest BCUT2D eigenvalue weighted by Crippen LogP contribution is -2.22. The number of anilines is 1. The average molecular weight is 269 g/mol. The first kappa shape index (κ1) is 11.0. The average Bonchev–Trinajstić information content (AvgIpc) is 3.01. The van der Waals surface area contributed by atoms with Gasteiger partial charge in [0.25, 0.3) is 0 Å². The van der Waals surface area contributed by atoms with Crippen LogP contribution in [0.2, 0.25) is 0 Å². The van der Waals surface area contributed by atoms with Crippen molar-refractivity contribution in [1.29, 1.82) is 0 Å². The Bertz CT molecular complexity index is 347. The molecule has 1 saturated carbocycles. The Hall–Kier alpha value is -0.540. The highest BCUT2D eigenvalue weighted by Crippen LogP contribution is 2.33. The summed E-state index contributed by atoms with van der Waals surface area (Å²) in [5.41, 5.74) is 8.25. The van der Waals surface area contributed by atoms with Crippen LogP contribution in [-0.4, -0.2) is 13.6 Å². The van der Waals surface area contributed by atoms with Crippen LogP contribution < -0.4 is 10.6 Å². The lowest BCUT2D eigenvalue weighted by atomic mass is 10.1. The summed E-state index contributed by atoms with van der Waals surface area (Å²) in [6.45, 7) is 1.75. The molecule has 1 aromatic carbocycles. The Morgan fingerprint density at radius 2 is 2.20 bits per heavy atom. The van der Waals surface area contributed by atoms with Crippen LogP contribution in [-0.2, 0) is 6.54 Å². The molecule has 2 rings (SSSR count). The number of benzene rings is 1. The molecular weight excluding hydrogens is 252 g/mol. The van der Waals surface area contributed by atoms with E-state index in [9.17, 15) is 0 Å². The van der Waals surface area contributed by atoms with Gasteiger partial charge in [-0.15, -0.1) is 0 Å². The van der Waals surface area contributed by atoms with Crippen molar-refractivity contribution >= 4 is 21.6 Å². The van der Waals surface area contributed by atoms with Crippen LogP contribution in [0.4, 0.5) is 5.69 Å². The van der Waals surface area contributed by atoms with Gasteiger partial charge in [0.2, 0.25) is 0 Å². The van der Waals surface area contributed by atoms with E-state index in [2.05, 4.69) is 46.1 Å². The summed E-state index contributed by atoms with van der Waals surface area (Å²) in [5.74, 6) is 0.902. The second-order valence-electron chi connectivity index (χ2n) is 4.27. The van der Waals surface area contributed by atoms with Gasteiger partial charge in [-0.1, -0.05) is 22.0 Å². The fraction of sp³-hybridized carbons (Fsp3) is 0.500. The van der Waals surface area contributed by atoms with E-state index < -0.39 is 0 Å². The van der Waals surface area contributed by atoms with Crippen LogP contribution in [0, 0.1) is 5.92 Å². The molecule has 0 unspecified atom stereocenters. The van der Waals surface area contributed by atoms with E-state index in [0.717, 1.165) is 16.9 Å². The molecule has 1 aliphatic rings. The number of nitrogens with zero attached hydrogens (tertiary/aromatic N) is 1. The molecule has 3 heteroatoms. The van der Waals surface area contributed by atoms with Gasteiger partial charge < -0.3 is 10.6 Å². The highest BCUT2D eigenvalue weighted by Gasteiger charge is 2.23. The molecule has 82 valence electrons. The van der Waals surface area contributed by atoms with Gasteiger partial charge in [0, 0.05) is 35.9 Å². The molecule has 0 radical (unpaired) electrons. The molecule has 0 heterocycles. The third-order valence-corrected chi connectivity index (χ3v) is 3.68. The van der Waals surface area contributed by atoms with Crippen molar-refractivity contribution in [1.82, 2.24) is 0 Å². The van der Waals surface area contributed by atoms with Gasteiger partial charge in [0.1, 0.15) is 0 Å². The van der Waals surface area contributed by atoms with Crippen LogP contribution in [0.25, 0.3) is 0 Å². The first-order chi connectivity index (χ1) is 7.22. The minimum absolute atomic E-state index is 0.589. The van der Waals surface area contributed by atoms with Crippen molar-refractivity contribution in [2.24, 2.45) is 11.7 Å². The maximum Gasteiger partial charge on any atom is 0.0420 e. The minimum Gasteiger partial charge on any atom is -0.374 e. The third kappa shape index (κ3) is 2.52. The Labute approximate surface area is 99.6 Å². The summed E-state index contributed by atoms with van der Waals surface area (Å²) in [5, 5.41) is 0. The van der Waals surface area contributed by atoms with Crippen LogP contribution in [0.5, 0.6) is 0 Å². The van der Waals surface area contributed by atoms with Gasteiger partial charge >= 0.3 is 0 Å². The molecule has 0 saturated heterocycles. The highest BCUT2D eigenvalue weighted by atomic mass is 79.9. The minimum atomic E-state index is 0.589. The Morgan fingerprint density at radius 3 is 2.80 bits per heavy atom. The molecule has 0 atom stereocenters. The molecule has 1 aromatic rings. The smallest absolute Gasteiger partial charge is 0.0420 e. The van der Waals surface area contributed by atoms with Crippen molar-refractivity contribution in [3.63, 3.8) is 0 Å². The SMILES string of the molecule is CN(CC1CC1)c1cccc(Br)c1CN. The standard InChI is InChI=1S/C12H17BrN2/c1-15(8-9-5-6-9)12-4-2-3-11(13)10(12)7-14/h2-4,9H,5-8,14H2,1H3. The molecule has 2 nitrogen and oxygen atoms in total. The zero-order valence-corrected chi connectivity index (χ0v) is 10.6. The predicted octanol–water partition coefficient (Wildman–Crippen LogP) is 2.75. The molecule has 0 amide bonds. The van der Waals surface area contributed by atoms with Crippen LogP contribution in [0.15, 0.2) is 22.7 Å². The normalized spacial score (nSPS) is 15.4. The second-order valence-corrected chi connectivity index (χ2v) is 5.12. The number of halogens is 1. The van der Waals surface area contributed by atoms with Crippen molar-refractivity contribution in [3.8, 4) is 0 Å². The molecule has 1 aliphatic carbocycles. The highest BCUT2D eigenvalue weighted by molar-refractivity contribution is 9.10. The van der Waals surface area contributed by atoms with Gasteiger partial charge in [0.15, 0.2) is 0 Å². The maximum absolute atomic E-state index is 5.78. The Balaban J connectivity index is 2.20. The van der Waals surface area contributed by atoms with E-state index in [0.29, 0.717) is 6.54 Å². The summed E-state index contributed by atoms with van der Waals surface area (Å²) in [4.78, 5) is 2.32. The molecule has 15 heavy (non-hydrogen) atoms. The largest absolute Gasteiger partial charge is 0.374 e. The van der Waals surface area contributed by atoms with E-state index in [1.807, 2.05) is 0 Å². The number of hydrogen-bond acceptors (Lipinski definition) is 2. The predicted molar refractivity (Wildman–Crippen MR) is 68.0 cm³/mol. The second kappa shape index (κ2) is 4.54. The summed E-state index contributed by atoms with van der Waals surface area (Å²) in [6, 6.07) is 6.27. The third-order valence-electron chi connectivity index (χ3n) is 2.94. The van der Waals surface area contributed by atoms with Crippen molar-refractivity contribution < 1.29 is 0 Å². The summed E-state index contributed by atoms with van der Waals surface area (Å²) >= 11 is 3.55. The van der Waals surface area contributed by atoms with Crippen molar-refractivity contribution in [2.45, 2.75) is 19.4 Å². The molecule has 2 N–H and O–H groups in total. The van der Waals surface area contributed by atoms with E-state index in [1.54, 1.807) is 0 Å². The Kier molecular flexibility index (Phi) is 3.32. The first-order valence-corrected chi connectivity index (χ1v) is 6.20. The van der Waals surface area contributed by atoms with Gasteiger partial charge in [-0.3, -0.25) is 0 Å². The fourth-order valence-electron chi connectivity index (χ4n) is 1.89. The van der Waals surface area contributed by atoms with E-state index in [-0.39, 0.29) is 0 Å². The number of nitrogens with two attached hydrogens (primary N) is 1. The lowest BCUT2D eigenvalue weighted by molar-refractivity contribution is 0.782. The molecular formula is C12H17BrN2. The van der Waals surface area contributed by atoms with Crippen molar-refractivity contribution in [3.05, 3.63) is 28.2 Å². The fourth-order valence-corrected chi connectivity index (χ4v) is 2.41. The molecule has 0 bridgehead atoms. The lowest BCUT2D eigenvalue weighted by Gasteiger charge is -2.22. The van der Waals surface area contributed by atoms with Crippen LogP contribution in [0.1, 0.15) is 18.4 Å². The maximum atomic E-state index is 5.78. The Morgan fingerprint density at radius 1 is 1.47 bits per heavy atom. The zero-order valence-electron chi connectivity index (χ0n) is 9.04. The van der Waals surface area contributed by atoms with Gasteiger partial charge in [0.05, 0.1) is 0 Å². The van der Waals surface area contributed by atoms with Gasteiger partial charge in [-0.05, 0) is 30.9 Å². The molecule has 0 spiro atoms. The molecule has 1 fully saturated rings.